The number of esters is 2. The van der Waals surface area contributed by atoms with Crippen LogP contribution in [0.4, 0.5) is 4.39 Å². The second-order valence-corrected chi connectivity index (χ2v) is 3.49. The number of rotatable bonds is 1. The van der Waals surface area contributed by atoms with Gasteiger partial charge in [0.25, 0.3) is 0 Å². The van der Waals surface area contributed by atoms with Crippen LogP contribution in [0, 0.1) is 5.82 Å². The van der Waals surface area contributed by atoms with E-state index in [1.807, 2.05) is 0 Å². The lowest BCUT2D eigenvalue weighted by molar-refractivity contribution is -0.159. The Morgan fingerprint density at radius 3 is 2.75 bits per heavy atom. The van der Waals surface area contributed by atoms with E-state index in [4.69, 9.17) is 0 Å². The molecule has 0 N–H and O–H groups in total. The number of benzene rings is 1. The maximum atomic E-state index is 12.9. The molecule has 1 aromatic carbocycles. The molecule has 1 aromatic rings. The number of hydrogen-bond acceptors (Lipinski definition) is 3. The fourth-order valence-electron chi connectivity index (χ4n) is 1.49. The molecule has 0 spiro atoms. The Hall–Kier alpha value is -1.97. The molecule has 1 heterocycles. The standard InChI is InChI=1S/C12H9FO3/c13-10-3-1-2-8(7-10)6-9-4-5-11(14)16-12(9)15/h1-3,6-7H,4-5H2/b9-6+. The molecule has 82 valence electrons. The number of carbonyl (C=O) groups excluding carboxylic acids is 2. The number of cyclic esters (lactones) is 2. The number of halogens is 1. The highest BCUT2D eigenvalue weighted by Gasteiger charge is 2.22. The van der Waals surface area contributed by atoms with E-state index in [1.54, 1.807) is 12.1 Å². The summed E-state index contributed by atoms with van der Waals surface area (Å²) in [7, 11) is 0. The minimum atomic E-state index is -0.638. The van der Waals surface area contributed by atoms with E-state index < -0.39 is 11.9 Å². The minimum Gasteiger partial charge on any atom is -0.390 e. The lowest BCUT2D eigenvalue weighted by Crippen LogP contribution is -2.20. The first kappa shape index (κ1) is 10.5. The molecule has 0 aromatic heterocycles. The van der Waals surface area contributed by atoms with Gasteiger partial charge in [0.1, 0.15) is 5.82 Å². The van der Waals surface area contributed by atoms with E-state index in [0.717, 1.165) is 0 Å². The first-order valence-electron chi connectivity index (χ1n) is 4.86. The van der Waals surface area contributed by atoms with Crippen LogP contribution in [-0.2, 0) is 14.3 Å². The number of carbonyl (C=O) groups is 2. The molecule has 3 nitrogen and oxygen atoms in total. The molecule has 16 heavy (non-hydrogen) atoms. The lowest BCUT2D eigenvalue weighted by atomic mass is 10.0. The van der Waals surface area contributed by atoms with Crippen LogP contribution >= 0.6 is 0 Å². The highest BCUT2D eigenvalue weighted by molar-refractivity contribution is 6.02. The van der Waals surface area contributed by atoms with Crippen molar-refractivity contribution in [2.24, 2.45) is 0 Å². The topological polar surface area (TPSA) is 43.4 Å². The van der Waals surface area contributed by atoms with Gasteiger partial charge in [-0.15, -0.1) is 0 Å². The van der Waals surface area contributed by atoms with Crippen LogP contribution < -0.4 is 0 Å². The van der Waals surface area contributed by atoms with Crippen LogP contribution in [0.1, 0.15) is 18.4 Å². The third-order valence-corrected chi connectivity index (χ3v) is 2.26. The van der Waals surface area contributed by atoms with Crippen LogP contribution in [0.25, 0.3) is 6.08 Å². The molecule has 1 saturated heterocycles. The largest absolute Gasteiger partial charge is 0.390 e. The molecule has 0 saturated carbocycles. The molecular weight excluding hydrogens is 211 g/mol. The van der Waals surface area contributed by atoms with Crippen molar-refractivity contribution in [1.82, 2.24) is 0 Å². The van der Waals surface area contributed by atoms with E-state index >= 15 is 0 Å². The van der Waals surface area contributed by atoms with E-state index in [9.17, 15) is 14.0 Å². The Labute approximate surface area is 91.5 Å². The highest BCUT2D eigenvalue weighted by atomic mass is 19.1. The van der Waals surface area contributed by atoms with Crippen LogP contribution in [0.5, 0.6) is 0 Å². The Morgan fingerprint density at radius 1 is 1.25 bits per heavy atom. The molecule has 0 radical (unpaired) electrons. The van der Waals surface area contributed by atoms with E-state index in [1.165, 1.54) is 18.2 Å². The van der Waals surface area contributed by atoms with Gasteiger partial charge >= 0.3 is 11.9 Å². The molecule has 0 unspecified atom stereocenters. The maximum absolute atomic E-state index is 12.9. The van der Waals surface area contributed by atoms with Gasteiger partial charge in [-0.05, 0) is 30.2 Å². The zero-order valence-electron chi connectivity index (χ0n) is 8.40. The van der Waals surface area contributed by atoms with E-state index in [0.29, 0.717) is 17.6 Å². The fourth-order valence-corrected chi connectivity index (χ4v) is 1.49. The first-order chi connectivity index (χ1) is 7.65. The van der Waals surface area contributed by atoms with Crippen molar-refractivity contribution in [2.45, 2.75) is 12.8 Å². The number of ether oxygens (including phenoxy) is 1. The average Bonchev–Trinajstić information content (AvgIpc) is 2.22. The maximum Gasteiger partial charge on any atom is 0.341 e. The second kappa shape index (κ2) is 4.26. The fraction of sp³-hybridized carbons (Fsp3) is 0.167. The average molecular weight is 220 g/mol. The lowest BCUT2D eigenvalue weighted by Gasteiger charge is -2.11. The summed E-state index contributed by atoms with van der Waals surface area (Å²) in [6.07, 6.45) is 2.07. The summed E-state index contributed by atoms with van der Waals surface area (Å²) in [5.41, 5.74) is 0.978. The molecular formula is C12H9FO3. The molecule has 0 bridgehead atoms. The van der Waals surface area contributed by atoms with Gasteiger partial charge in [0.05, 0.1) is 6.42 Å². The van der Waals surface area contributed by atoms with Crippen molar-refractivity contribution in [1.29, 1.82) is 0 Å². The molecule has 0 amide bonds. The second-order valence-electron chi connectivity index (χ2n) is 3.49. The Morgan fingerprint density at radius 2 is 2.06 bits per heavy atom. The minimum absolute atomic E-state index is 0.187. The molecule has 0 aliphatic carbocycles. The zero-order valence-corrected chi connectivity index (χ0v) is 8.40. The van der Waals surface area contributed by atoms with Gasteiger partial charge in [-0.2, -0.15) is 0 Å². The summed E-state index contributed by atoms with van der Waals surface area (Å²) in [5, 5.41) is 0. The van der Waals surface area contributed by atoms with Crippen molar-refractivity contribution in [3.05, 3.63) is 41.2 Å². The Bertz CT molecular complexity index is 477. The number of hydrogen-bond donors (Lipinski definition) is 0. The highest BCUT2D eigenvalue weighted by Crippen LogP contribution is 2.18. The molecule has 1 fully saturated rings. The van der Waals surface area contributed by atoms with Gasteiger partial charge in [-0.3, -0.25) is 4.79 Å². The molecule has 1 aliphatic heterocycles. The molecule has 2 rings (SSSR count). The van der Waals surface area contributed by atoms with Gasteiger partial charge in [0.15, 0.2) is 0 Å². The van der Waals surface area contributed by atoms with Crippen LogP contribution in [-0.4, -0.2) is 11.9 Å². The van der Waals surface area contributed by atoms with E-state index in [-0.39, 0.29) is 12.2 Å². The van der Waals surface area contributed by atoms with Gasteiger partial charge in [-0.1, -0.05) is 12.1 Å². The van der Waals surface area contributed by atoms with Gasteiger partial charge in [-0.25, -0.2) is 9.18 Å². The zero-order chi connectivity index (χ0) is 11.5. The van der Waals surface area contributed by atoms with Crippen molar-refractivity contribution >= 4 is 18.0 Å². The normalized spacial score (nSPS) is 18.7. The van der Waals surface area contributed by atoms with Crippen molar-refractivity contribution in [2.75, 3.05) is 0 Å². The third kappa shape index (κ3) is 2.34. The van der Waals surface area contributed by atoms with E-state index in [2.05, 4.69) is 4.74 Å². The summed E-state index contributed by atoms with van der Waals surface area (Å²) >= 11 is 0. The molecule has 1 aliphatic rings. The molecule has 4 heteroatoms. The quantitative estimate of drug-likeness (QED) is 0.413. The van der Waals surface area contributed by atoms with Gasteiger partial charge in [0.2, 0.25) is 0 Å². The summed E-state index contributed by atoms with van der Waals surface area (Å²) in [6.45, 7) is 0. The van der Waals surface area contributed by atoms with Crippen LogP contribution in [0.15, 0.2) is 29.8 Å². The summed E-state index contributed by atoms with van der Waals surface area (Å²) in [6, 6.07) is 5.88. The first-order valence-corrected chi connectivity index (χ1v) is 4.86. The smallest absolute Gasteiger partial charge is 0.341 e. The Balaban J connectivity index is 2.24. The Kier molecular flexibility index (Phi) is 2.81. The third-order valence-electron chi connectivity index (χ3n) is 2.26. The van der Waals surface area contributed by atoms with Crippen LogP contribution in [0.2, 0.25) is 0 Å². The van der Waals surface area contributed by atoms with Crippen molar-refractivity contribution in [3.63, 3.8) is 0 Å². The summed E-state index contributed by atoms with van der Waals surface area (Å²) in [5.74, 6) is -1.52. The monoisotopic (exact) mass is 220 g/mol. The van der Waals surface area contributed by atoms with Crippen molar-refractivity contribution in [3.8, 4) is 0 Å². The predicted molar refractivity (Wildman–Crippen MR) is 54.7 cm³/mol. The summed E-state index contributed by atoms with van der Waals surface area (Å²) in [4.78, 5) is 22.1. The van der Waals surface area contributed by atoms with Crippen LogP contribution in [0.3, 0.4) is 0 Å². The van der Waals surface area contributed by atoms with Gasteiger partial charge in [0, 0.05) is 5.57 Å². The SMILES string of the molecule is O=C1CC/C(=C\c2cccc(F)c2)C(=O)O1. The van der Waals surface area contributed by atoms with Gasteiger partial charge < -0.3 is 4.74 Å². The predicted octanol–water partition coefficient (Wildman–Crippen LogP) is 2.07. The van der Waals surface area contributed by atoms with Crippen molar-refractivity contribution < 1.29 is 18.7 Å². The molecule has 0 atom stereocenters. The summed E-state index contributed by atoms with van der Waals surface area (Å²) < 4.78 is 17.3.